The topological polar surface area (TPSA) is 88.2 Å². The van der Waals surface area contributed by atoms with Crippen molar-refractivity contribution >= 4 is 44.1 Å². The number of hydrogen-bond donors (Lipinski definition) is 1. The molecular formula is C28H32F3N3O5S3. The molecule has 1 unspecified atom stereocenters. The summed E-state index contributed by atoms with van der Waals surface area (Å²) < 4.78 is 76.6. The number of hydrogen-bond acceptors (Lipinski definition) is 9. The van der Waals surface area contributed by atoms with Gasteiger partial charge in [0.2, 0.25) is 10.0 Å². The minimum absolute atomic E-state index is 0.0223. The first kappa shape index (κ1) is 32.1. The van der Waals surface area contributed by atoms with Crippen LogP contribution in [0.25, 0.3) is 0 Å². The number of nitrogens with zero attached hydrogens (tertiary/aromatic N) is 2. The number of carbonyl (C=O) groups excluding carboxylic acids is 1. The predicted octanol–water partition coefficient (Wildman–Crippen LogP) is 5.39. The fraction of sp³-hybridized carbons (Fsp3) is 0.393. The summed E-state index contributed by atoms with van der Waals surface area (Å²) in [5.41, 5.74) is 2.82. The molecule has 0 spiro atoms. The number of anilines is 1. The number of benzene rings is 2. The molecule has 0 saturated heterocycles. The quantitative estimate of drug-likeness (QED) is 0.208. The molecule has 1 N–H and O–H groups in total. The number of thioether (sulfide) groups is 1. The Kier molecular flexibility index (Phi) is 10.5. The lowest BCUT2D eigenvalue weighted by atomic mass is 9.92. The van der Waals surface area contributed by atoms with E-state index < -0.39 is 34.8 Å². The third kappa shape index (κ3) is 8.19. The largest absolute Gasteiger partial charge is 0.484 e. The van der Waals surface area contributed by atoms with E-state index in [9.17, 15) is 26.4 Å². The fourth-order valence-electron chi connectivity index (χ4n) is 4.85. The zero-order valence-corrected chi connectivity index (χ0v) is 25.8. The van der Waals surface area contributed by atoms with Crippen LogP contribution in [-0.2, 0) is 32.6 Å². The Morgan fingerprint density at radius 2 is 1.86 bits per heavy atom. The molecule has 0 amide bonds. The third-order valence-electron chi connectivity index (χ3n) is 6.49. The van der Waals surface area contributed by atoms with Gasteiger partial charge in [-0.15, -0.1) is 23.1 Å². The molecule has 0 saturated carbocycles. The lowest BCUT2D eigenvalue weighted by molar-refractivity contribution is -0.153. The minimum atomic E-state index is -4.55. The maximum Gasteiger partial charge on any atom is 0.422 e. The number of para-hydroxylation sites is 1. The number of rotatable bonds is 12. The summed E-state index contributed by atoms with van der Waals surface area (Å²) >= 11 is 3.03. The van der Waals surface area contributed by atoms with Gasteiger partial charge < -0.3 is 14.4 Å². The lowest BCUT2D eigenvalue weighted by Gasteiger charge is -2.43. The van der Waals surface area contributed by atoms with Gasteiger partial charge in [-0.3, -0.25) is 9.69 Å². The molecule has 2 aromatic carbocycles. The average molecular weight is 644 g/mol. The Bertz CT molecular complexity index is 1500. The van der Waals surface area contributed by atoms with E-state index in [0.717, 1.165) is 21.7 Å². The predicted molar refractivity (Wildman–Crippen MR) is 158 cm³/mol. The highest BCUT2D eigenvalue weighted by molar-refractivity contribution is 7.98. The van der Waals surface area contributed by atoms with Crippen LogP contribution in [0.15, 0.2) is 58.8 Å². The normalized spacial score (nSPS) is 15.9. The van der Waals surface area contributed by atoms with Gasteiger partial charge in [-0.05, 0) is 41.8 Å². The molecule has 8 nitrogen and oxygen atoms in total. The second-order valence-electron chi connectivity index (χ2n) is 9.62. The van der Waals surface area contributed by atoms with Crippen LogP contribution in [0.1, 0.15) is 35.2 Å². The molecule has 0 aliphatic carbocycles. The molecule has 1 aliphatic rings. The maximum absolute atomic E-state index is 13.2. The van der Waals surface area contributed by atoms with Crippen molar-refractivity contribution in [1.29, 1.82) is 0 Å². The summed E-state index contributed by atoms with van der Waals surface area (Å²) in [6.07, 6.45) is -1.51. The summed E-state index contributed by atoms with van der Waals surface area (Å²) in [5, 5.41) is 2.67. The van der Waals surface area contributed by atoms with E-state index in [4.69, 9.17) is 9.47 Å². The maximum atomic E-state index is 13.2. The number of alkyl halides is 3. The van der Waals surface area contributed by atoms with E-state index in [-0.39, 0.29) is 32.1 Å². The van der Waals surface area contributed by atoms with Gasteiger partial charge in [0.15, 0.2) is 6.61 Å². The zero-order chi connectivity index (χ0) is 30.5. The molecule has 1 aromatic heterocycles. The van der Waals surface area contributed by atoms with Crippen LogP contribution in [0.4, 0.5) is 18.2 Å². The van der Waals surface area contributed by atoms with Crippen LogP contribution in [0, 0.1) is 0 Å². The highest BCUT2D eigenvalue weighted by Gasteiger charge is 2.39. The Morgan fingerprint density at radius 3 is 2.55 bits per heavy atom. The van der Waals surface area contributed by atoms with Crippen LogP contribution in [0.2, 0.25) is 0 Å². The van der Waals surface area contributed by atoms with Gasteiger partial charge >= 0.3 is 12.1 Å². The summed E-state index contributed by atoms with van der Waals surface area (Å²) in [6, 6.07) is 13.6. The average Bonchev–Trinajstić information content (AvgIpc) is 3.35. The summed E-state index contributed by atoms with van der Waals surface area (Å²) in [4.78, 5) is 17.8. The third-order valence-corrected chi connectivity index (χ3v) is 9.10. The molecule has 0 bridgehead atoms. The standard InChI is InChI=1S/C28H32F3N3O5S3/c1-4-38-24(35)15-33-18-34(14-19-9-5-8-12-23(19)40-2)27-25(20(16-41-27)13-32-42(3,36)37)26(33)21-10-6-7-11-22(21)39-17-28(29,30)31/h5-12,16,26,32H,4,13-15,17-18H2,1-3H3. The number of esters is 1. The Balaban J connectivity index is 1.86. The molecule has 1 atom stereocenters. The molecule has 228 valence electrons. The van der Waals surface area contributed by atoms with Gasteiger partial charge in [-0.1, -0.05) is 36.4 Å². The molecule has 1 aliphatic heterocycles. The molecule has 4 rings (SSSR count). The molecular weight excluding hydrogens is 612 g/mol. The molecule has 42 heavy (non-hydrogen) atoms. The number of carbonyl (C=O) groups is 1. The van der Waals surface area contributed by atoms with Gasteiger partial charge in [0, 0.05) is 29.1 Å². The van der Waals surface area contributed by atoms with Crippen LogP contribution in [0.5, 0.6) is 5.75 Å². The highest BCUT2D eigenvalue weighted by Crippen LogP contribution is 2.48. The molecule has 14 heteroatoms. The van der Waals surface area contributed by atoms with Crippen LogP contribution < -0.4 is 14.4 Å². The van der Waals surface area contributed by atoms with Crippen molar-refractivity contribution in [2.45, 2.75) is 37.1 Å². The van der Waals surface area contributed by atoms with Gasteiger partial charge in [0.05, 0.1) is 37.1 Å². The van der Waals surface area contributed by atoms with E-state index in [1.54, 1.807) is 36.9 Å². The summed E-state index contributed by atoms with van der Waals surface area (Å²) in [7, 11) is -3.55. The first-order valence-electron chi connectivity index (χ1n) is 13.0. The van der Waals surface area contributed by atoms with Crippen molar-refractivity contribution in [2.75, 3.05) is 43.8 Å². The van der Waals surface area contributed by atoms with Crippen molar-refractivity contribution in [3.05, 3.63) is 76.2 Å². The van der Waals surface area contributed by atoms with Gasteiger partial charge in [-0.2, -0.15) is 13.2 Å². The van der Waals surface area contributed by atoms with E-state index in [2.05, 4.69) is 9.62 Å². The fourth-order valence-corrected chi connectivity index (χ4v) is 6.98. The second-order valence-corrected chi connectivity index (χ2v) is 13.2. The smallest absolute Gasteiger partial charge is 0.422 e. The monoisotopic (exact) mass is 643 g/mol. The molecule has 0 fully saturated rings. The highest BCUT2D eigenvalue weighted by atomic mass is 32.2. The molecule has 2 heterocycles. The molecule has 3 aromatic rings. The second kappa shape index (κ2) is 13.7. The number of halogens is 3. The number of sulfonamides is 1. The summed E-state index contributed by atoms with van der Waals surface area (Å²) in [6.45, 7) is 0.944. The first-order chi connectivity index (χ1) is 19.9. The van der Waals surface area contributed by atoms with Crippen molar-refractivity contribution in [3.63, 3.8) is 0 Å². The van der Waals surface area contributed by atoms with E-state index in [1.165, 1.54) is 17.4 Å². The van der Waals surface area contributed by atoms with E-state index >= 15 is 0 Å². The van der Waals surface area contributed by atoms with Crippen molar-refractivity contribution in [2.24, 2.45) is 0 Å². The Labute approximate surface area is 251 Å². The number of thiophene rings is 1. The number of ether oxygens (including phenoxy) is 2. The van der Waals surface area contributed by atoms with Gasteiger partial charge in [0.25, 0.3) is 0 Å². The number of nitrogens with one attached hydrogen (secondary N) is 1. The van der Waals surface area contributed by atoms with E-state index in [0.29, 0.717) is 23.2 Å². The van der Waals surface area contributed by atoms with Crippen LogP contribution >= 0.6 is 23.1 Å². The zero-order valence-electron chi connectivity index (χ0n) is 23.3. The number of fused-ring (bicyclic) bond motifs is 1. The van der Waals surface area contributed by atoms with Crippen LogP contribution in [0.3, 0.4) is 0 Å². The van der Waals surface area contributed by atoms with Gasteiger partial charge in [-0.25, -0.2) is 13.1 Å². The van der Waals surface area contributed by atoms with Crippen LogP contribution in [-0.4, -0.2) is 64.4 Å². The summed E-state index contributed by atoms with van der Waals surface area (Å²) in [5.74, 6) is -0.468. The molecule has 0 radical (unpaired) electrons. The lowest BCUT2D eigenvalue weighted by Crippen LogP contribution is -2.47. The SMILES string of the molecule is CCOC(=O)CN1CN(Cc2ccccc2SC)c2scc(CNS(C)(=O)=O)c2C1c1ccccc1OCC(F)(F)F. The van der Waals surface area contributed by atoms with Crippen molar-refractivity contribution in [3.8, 4) is 5.75 Å². The van der Waals surface area contributed by atoms with E-state index in [1.807, 2.05) is 40.8 Å². The first-order valence-corrected chi connectivity index (χ1v) is 17.0. The Morgan fingerprint density at radius 1 is 1.14 bits per heavy atom. The van der Waals surface area contributed by atoms with Crippen molar-refractivity contribution < 1.29 is 35.9 Å². The van der Waals surface area contributed by atoms with Crippen molar-refractivity contribution in [1.82, 2.24) is 9.62 Å². The van der Waals surface area contributed by atoms with Gasteiger partial charge in [0.1, 0.15) is 5.75 Å². The minimum Gasteiger partial charge on any atom is -0.484 e. The Hall–Kier alpha value is -2.78.